The molecule has 9 heteroatoms. The van der Waals surface area contributed by atoms with Gasteiger partial charge in [-0.1, -0.05) is 30.3 Å². The van der Waals surface area contributed by atoms with Gasteiger partial charge in [0, 0.05) is 23.9 Å². The van der Waals surface area contributed by atoms with Crippen LogP contribution in [0.15, 0.2) is 70.3 Å². The molecule has 0 saturated carbocycles. The molecule has 3 heterocycles. The lowest BCUT2D eigenvalue weighted by Gasteiger charge is -2.20. The highest BCUT2D eigenvalue weighted by Gasteiger charge is 2.35. The summed E-state index contributed by atoms with van der Waals surface area (Å²) in [5.74, 6) is 0.945. The van der Waals surface area contributed by atoms with Gasteiger partial charge in [-0.15, -0.1) is 0 Å². The summed E-state index contributed by atoms with van der Waals surface area (Å²) in [6.07, 6.45) is 2.33. The van der Waals surface area contributed by atoms with Crippen molar-refractivity contribution < 1.29 is 14.3 Å². The highest BCUT2D eigenvalue weighted by atomic mass is 32.2. The second-order valence-corrected chi connectivity index (χ2v) is 9.42. The van der Waals surface area contributed by atoms with Crippen LogP contribution in [0.3, 0.4) is 0 Å². The van der Waals surface area contributed by atoms with Crippen molar-refractivity contribution in [2.45, 2.75) is 20.3 Å². The summed E-state index contributed by atoms with van der Waals surface area (Å²) >= 11 is 1.33. The molecule has 0 atom stereocenters. The quantitative estimate of drug-likeness (QED) is 0.483. The third-order valence-corrected chi connectivity index (χ3v) is 7.00. The zero-order valence-electron chi connectivity index (χ0n) is 20.4. The van der Waals surface area contributed by atoms with Crippen molar-refractivity contribution in [1.29, 1.82) is 5.41 Å². The number of thioether (sulfide) groups is 1. The summed E-state index contributed by atoms with van der Waals surface area (Å²) in [5.41, 5.74) is 4.85. The maximum absolute atomic E-state index is 12.9. The van der Waals surface area contributed by atoms with Crippen molar-refractivity contribution in [3.05, 3.63) is 82.7 Å². The van der Waals surface area contributed by atoms with E-state index >= 15 is 0 Å². The summed E-state index contributed by atoms with van der Waals surface area (Å²) < 4.78 is 13.0. The topological polar surface area (TPSA) is 92.3 Å². The standard InChI is InChI=1S/C27H25N5O3S/c1-16-12-19(17(2)31(16)22-11-10-20(34-3)15-23(22)35-4)14-21-25(28)32-27(29-26(21)33)36-24(30-32)13-18-8-6-5-7-9-18/h5-12,14-15,28H,13H2,1-4H3/b21-14+,28-25?. The van der Waals surface area contributed by atoms with E-state index in [0.29, 0.717) is 23.1 Å². The Labute approximate surface area is 213 Å². The number of nitrogens with one attached hydrogen (secondary N) is 1. The fraction of sp³-hybridized carbons (Fsp3) is 0.185. The minimum Gasteiger partial charge on any atom is -0.497 e. The molecule has 182 valence electrons. The summed E-state index contributed by atoms with van der Waals surface area (Å²) in [4.78, 5) is 17.2. The number of carbonyl (C=O) groups is 1. The number of ether oxygens (including phenoxy) is 2. The monoisotopic (exact) mass is 499 g/mol. The molecule has 0 aliphatic carbocycles. The van der Waals surface area contributed by atoms with Gasteiger partial charge in [-0.3, -0.25) is 10.2 Å². The number of hydrogen-bond donors (Lipinski definition) is 1. The number of rotatable bonds is 6. The van der Waals surface area contributed by atoms with Crippen LogP contribution in [-0.4, -0.2) is 45.7 Å². The number of amides is 1. The maximum Gasteiger partial charge on any atom is 0.283 e. The van der Waals surface area contributed by atoms with Gasteiger partial charge in [0.2, 0.25) is 5.17 Å². The molecule has 2 aliphatic heterocycles. The van der Waals surface area contributed by atoms with E-state index in [2.05, 4.69) is 14.7 Å². The molecule has 1 N–H and O–H groups in total. The van der Waals surface area contributed by atoms with Crippen molar-refractivity contribution in [1.82, 2.24) is 9.58 Å². The van der Waals surface area contributed by atoms with Crippen LogP contribution in [0.2, 0.25) is 0 Å². The molecule has 1 aromatic heterocycles. The highest BCUT2D eigenvalue weighted by Crippen LogP contribution is 2.33. The van der Waals surface area contributed by atoms with Gasteiger partial charge in [0.15, 0.2) is 5.84 Å². The third kappa shape index (κ3) is 4.22. The molecule has 0 fully saturated rings. The summed E-state index contributed by atoms with van der Waals surface area (Å²) in [6.45, 7) is 3.96. The van der Waals surface area contributed by atoms with E-state index in [-0.39, 0.29) is 11.4 Å². The minimum atomic E-state index is -0.443. The highest BCUT2D eigenvalue weighted by molar-refractivity contribution is 8.26. The van der Waals surface area contributed by atoms with Gasteiger partial charge in [0.25, 0.3) is 5.91 Å². The lowest BCUT2D eigenvalue weighted by molar-refractivity contribution is -0.114. The van der Waals surface area contributed by atoms with Gasteiger partial charge in [-0.2, -0.15) is 15.1 Å². The number of aliphatic imine (C=N–C) groups is 1. The van der Waals surface area contributed by atoms with Crippen LogP contribution in [0.25, 0.3) is 11.8 Å². The number of nitrogens with zero attached hydrogens (tertiary/aromatic N) is 4. The van der Waals surface area contributed by atoms with Gasteiger partial charge >= 0.3 is 0 Å². The smallest absolute Gasteiger partial charge is 0.283 e. The van der Waals surface area contributed by atoms with E-state index in [1.165, 1.54) is 16.8 Å². The van der Waals surface area contributed by atoms with E-state index in [9.17, 15) is 4.79 Å². The zero-order chi connectivity index (χ0) is 25.4. The van der Waals surface area contributed by atoms with Crippen molar-refractivity contribution in [3.8, 4) is 17.2 Å². The predicted octanol–water partition coefficient (Wildman–Crippen LogP) is 4.97. The largest absolute Gasteiger partial charge is 0.497 e. The van der Waals surface area contributed by atoms with Gasteiger partial charge in [-0.05, 0) is 61.0 Å². The van der Waals surface area contributed by atoms with E-state index in [1.54, 1.807) is 20.3 Å². The Morgan fingerprint density at radius 2 is 1.83 bits per heavy atom. The summed E-state index contributed by atoms with van der Waals surface area (Å²) in [5, 5.41) is 16.0. The van der Waals surface area contributed by atoms with E-state index < -0.39 is 5.91 Å². The maximum atomic E-state index is 12.9. The second kappa shape index (κ2) is 9.50. The number of carbonyl (C=O) groups excluding carboxylic acids is 1. The average Bonchev–Trinajstić information content (AvgIpc) is 3.41. The fourth-order valence-electron chi connectivity index (χ4n) is 4.30. The first-order chi connectivity index (χ1) is 17.4. The Bertz CT molecular complexity index is 1470. The van der Waals surface area contributed by atoms with Crippen LogP contribution in [0.5, 0.6) is 11.5 Å². The lowest BCUT2D eigenvalue weighted by atomic mass is 10.1. The fourth-order valence-corrected chi connectivity index (χ4v) is 5.22. The molecule has 2 aromatic carbocycles. The average molecular weight is 500 g/mol. The second-order valence-electron chi connectivity index (χ2n) is 8.38. The molecule has 0 bridgehead atoms. The van der Waals surface area contributed by atoms with Crippen LogP contribution in [0, 0.1) is 19.3 Å². The first kappa shape index (κ1) is 23.6. The zero-order valence-corrected chi connectivity index (χ0v) is 21.2. The third-order valence-electron chi connectivity index (χ3n) is 6.09. The first-order valence-corrected chi connectivity index (χ1v) is 12.2. The molecule has 1 amide bonds. The molecule has 0 saturated heterocycles. The molecule has 0 unspecified atom stereocenters. The number of fused-ring (bicyclic) bond motifs is 1. The molecule has 36 heavy (non-hydrogen) atoms. The number of hydrogen-bond acceptors (Lipinski definition) is 6. The van der Waals surface area contributed by atoms with E-state index in [4.69, 9.17) is 14.9 Å². The Balaban J connectivity index is 1.47. The normalized spacial score (nSPS) is 16.2. The van der Waals surface area contributed by atoms with Crippen LogP contribution in [0.4, 0.5) is 0 Å². The predicted molar refractivity (Wildman–Crippen MR) is 144 cm³/mol. The van der Waals surface area contributed by atoms with Gasteiger partial charge < -0.3 is 14.0 Å². The summed E-state index contributed by atoms with van der Waals surface area (Å²) in [6, 6.07) is 17.6. The van der Waals surface area contributed by atoms with Crippen molar-refractivity contribution >= 4 is 39.8 Å². The van der Waals surface area contributed by atoms with Crippen molar-refractivity contribution in [2.75, 3.05) is 14.2 Å². The number of methoxy groups -OCH3 is 2. The number of benzene rings is 2. The minimum absolute atomic E-state index is 0.0207. The van der Waals surface area contributed by atoms with Crippen LogP contribution >= 0.6 is 11.8 Å². The van der Waals surface area contributed by atoms with Gasteiger partial charge in [0.05, 0.1) is 25.5 Å². The van der Waals surface area contributed by atoms with Gasteiger partial charge in [0.1, 0.15) is 16.5 Å². The van der Waals surface area contributed by atoms with Crippen molar-refractivity contribution in [3.63, 3.8) is 0 Å². The first-order valence-electron chi connectivity index (χ1n) is 11.3. The van der Waals surface area contributed by atoms with Crippen molar-refractivity contribution in [2.24, 2.45) is 10.1 Å². The molecule has 0 radical (unpaired) electrons. The number of amidine groups is 2. The van der Waals surface area contributed by atoms with Crippen LogP contribution < -0.4 is 9.47 Å². The Morgan fingerprint density at radius 1 is 1.06 bits per heavy atom. The molecule has 2 aliphatic rings. The SMILES string of the molecule is COc1ccc(-n2c(C)cc(/C=C3\C(=N)N4N=C(Cc5ccccc5)SC4=NC3=O)c2C)c(OC)c1. The van der Waals surface area contributed by atoms with E-state index in [0.717, 1.165) is 33.2 Å². The molecule has 5 rings (SSSR count). The van der Waals surface area contributed by atoms with E-state index in [1.807, 2.05) is 68.4 Å². The lowest BCUT2D eigenvalue weighted by Crippen LogP contribution is -2.35. The van der Waals surface area contributed by atoms with Gasteiger partial charge in [-0.25, -0.2) is 0 Å². The Hall–Kier alpha value is -4.11. The summed E-state index contributed by atoms with van der Waals surface area (Å²) in [7, 11) is 3.23. The Morgan fingerprint density at radius 3 is 2.56 bits per heavy atom. The molecule has 8 nitrogen and oxygen atoms in total. The molecular formula is C27H25N5O3S. The number of hydrazone groups is 1. The molecular weight excluding hydrogens is 474 g/mol. The van der Waals surface area contributed by atoms with Crippen LogP contribution in [-0.2, 0) is 11.2 Å². The number of aromatic nitrogens is 1. The molecule has 0 spiro atoms. The Kier molecular flexibility index (Phi) is 6.24. The molecule has 3 aromatic rings. The number of aryl methyl sites for hydroxylation is 1. The van der Waals surface area contributed by atoms with Crippen LogP contribution in [0.1, 0.15) is 22.5 Å².